The average molecular weight is 407 g/mol. The van der Waals surface area contributed by atoms with Crippen molar-refractivity contribution in [2.45, 2.75) is 26.7 Å². The van der Waals surface area contributed by atoms with E-state index in [1.54, 1.807) is 6.07 Å². The molecule has 156 valence electrons. The number of benzene rings is 1. The predicted molar refractivity (Wildman–Crippen MR) is 107 cm³/mol. The minimum absolute atomic E-state index is 0.0237. The van der Waals surface area contributed by atoms with Gasteiger partial charge in [-0.15, -0.1) is 0 Å². The van der Waals surface area contributed by atoms with Crippen LogP contribution in [-0.2, 0) is 19.1 Å². The Labute approximate surface area is 175 Å². The highest BCUT2D eigenvalue weighted by atomic mass is 16.5. The number of amides is 2. The van der Waals surface area contributed by atoms with Crippen molar-refractivity contribution in [3.05, 3.63) is 47.0 Å². The van der Waals surface area contributed by atoms with Crippen LogP contribution in [-0.4, -0.2) is 41.6 Å². The van der Waals surface area contributed by atoms with Gasteiger partial charge in [0, 0.05) is 12.1 Å². The first-order chi connectivity index (χ1) is 14.4. The maximum Gasteiger partial charge on any atom is 0.308 e. The number of carbonyl (C=O) groups excluding carboxylic acids is 4. The summed E-state index contributed by atoms with van der Waals surface area (Å²) in [5, 5.41) is 0. The third-order valence-corrected chi connectivity index (χ3v) is 7.35. The van der Waals surface area contributed by atoms with Gasteiger partial charge in [0.25, 0.3) is 0 Å². The lowest BCUT2D eigenvalue weighted by Crippen LogP contribution is -2.40. The van der Waals surface area contributed by atoms with Crippen molar-refractivity contribution in [1.82, 2.24) is 4.90 Å². The first kappa shape index (κ1) is 19.2. The number of carbonyl (C=O) groups is 4. The van der Waals surface area contributed by atoms with Crippen molar-refractivity contribution in [2.75, 3.05) is 13.2 Å². The van der Waals surface area contributed by atoms with Gasteiger partial charge < -0.3 is 4.74 Å². The van der Waals surface area contributed by atoms with Gasteiger partial charge in [-0.1, -0.05) is 29.8 Å². The molecule has 0 unspecified atom stereocenters. The molecule has 5 aliphatic rings. The van der Waals surface area contributed by atoms with E-state index in [1.807, 2.05) is 26.0 Å². The zero-order valence-corrected chi connectivity index (χ0v) is 17.2. The van der Waals surface area contributed by atoms with Gasteiger partial charge in [-0.25, -0.2) is 0 Å². The lowest BCUT2D eigenvalue weighted by atomic mass is 9.63. The number of esters is 1. The van der Waals surface area contributed by atoms with Crippen molar-refractivity contribution < 1.29 is 23.9 Å². The van der Waals surface area contributed by atoms with Gasteiger partial charge in [0.1, 0.15) is 0 Å². The molecule has 6 heteroatoms. The molecule has 4 aliphatic carbocycles. The Morgan fingerprint density at radius 1 is 1.03 bits per heavy atom. The molecule has 1 aliphatic heterocycles. The summed E-state index contributed by atoms with van der Waals surface area (Å²) in [4.78, 5) is 51.6. The first-order valence-electron chi connectivity index (χ1n) is 10.7. The third-order valence-electron chi connectivity index (χ3n) is 7.35. The topological polar surface area (TPSA) is 80.8 Å². The summed E-state index contributed by atoms with van der Waals surface area (Å²) in [6, 6.07) is 5.56. The number of aryl methyl sites for hydroxylation is 2. The third kappa shape index (κ3) is 2.92. The molecule has 2 bridgehead atoms. The Bertz CT molecular complexity index is 959. The molecule has 1 aromatic rings. The summed E-state index contributed by atoms with van der Waals surface area (Å²) < 4.78 is 5.13. The van der Waals surface area contributed by atoms with Crippen LogP contribution in [0.3, 0.4) is 0 Å². The second-order valence-electron chi connectivity index (χ2n) is 9.13. The van der Waals surface area contributed by atoms with E-state index in [0.29, 0.717) is 17.4 Å². The van der Waals surface area contributed by atoms with Gasteiger partial charge in [0.15, 0.2) is 6.61 Å². The Morgan fingerprint density at radius 2 is 1.67 bits per heavy atom. The number of hydrogen-bond donors (Lipinski definition) is 0. The smallest absolute Gasteiger partial charge is 0.308 e. The maximum absolute atomic E-state index is 12.9. The molecule has 30 heavy (non-hydrogen) atoms. The van der Waals surface area contributed by atoms with Crippen molar-refractivity contribution >= 4 is 23.6 Å². The van der Waals surface area contributed by atoms with Crippen LogP contribution in [0.2, 0.25) is 0 Å². The van der Waals surface area contributed by atoms with E-state index < -0.39 is 5.97 Å². The number of likely N-dealkylation sites (tertiary alicyclic amines) is 1. The summed E-state index contributed by atoms with van der Waals surface area (Å²) in [5.41, 5.74) is 2.33. The Balaban J connectivity index is 1.17. The van der Waals surface area contributed by atoms with Gasteiger partial charge in [-0.3, -0.25) is 24.1 Å². The molecule has 1 saturated heterocycles. The SMILES string of the molecule is Cc1ccc(C)c(C(=O)COC(=O)CCN2C(=O)[C@@H]3[C@H]4C=C[C@H]([C@H]5C[C@@H]45)[C@@H]3C2=O)c1. The maximum atomic E-state index is 12.9. The number of rotatable bonds is 6. The molecular weight excluding hydrogens is 382 g/mol. The molecule has 1 heterocycles. The minimum atomic E-state index is -0.576. The predicted octanol–water partition coefficient (Wildman–Crippen LogP) is 2.47. The van der Waals surface area contributed by atoms with Crippen molar-refractivity contribution in [1.29, 1.82) is 0 Å². The summed E-state index contributed by atoms with van der Waals surface area (Å²) in [7, 11) is 0. The molecule has 6 atom stereocenters. The van der Waals surface area contributed by atoms with Gasteiger partial charge in [-0.05, 0) is 55.6 Å². The Kier molecular flexibility index (Phi) is 4.42. The molecule has 2 amide bonds. The molecule has 1 aromatic carbocycles. The van der Waals surface area contributed by atoms with Gasteiger partial charge in [0.05, 0.1) is 18.3 Å². The van der Waals surface area contributed by atoms with Gasteiger partial charge in [0.2, 0.25) is 17.6 Å². The number of imide groups is 1. The molecule has 3 fully saturated rings. The summed E-state index contributed by atoms with van der Waals surface area (Å²) >= 11 is 0. The normalized spacial score (nSPS) is 32.8. The Hall–Kier alpha value is -2.76. The van der Waals surface area contributed by atoms with Crippen LogP contribution in [0.4, 0.5) is 0 Å². The number of nitrogens with zero attached hydrogens (tertiary/aromatic N) is 1. The van der Waals surface area contributed by atoms with E-state index in [2.05, 4.69) is 12.2 Å². The summed E-state index contributed by atoms with van der Waals surface area (Å²) in [5.74, 6) is -0.168. The largest absolute Gasteiger partial charge is 0.457 e. The number of Topliss-reactive ketones (excluding diaryl/α,β-unsaturated/α-hetero) is 1. The van der Waals surface area contributed by atoms with E-state index in [9.17, 15) is 19.2 Å². The summed E-state index contributed by atoms with van der Waals surface area (Å²) in [6.45, 7) is 3.42. The highest BCUT2D eigenvalue weighted by Crippen LogP contribution is 2.65. The summed E-state index contributed by atoms with van der Waals surface area (Å²) in [6.07, 6.45) is 5.28. The number of allylic oxidation sites excluding steroid dienone is 2. The lowest BCUT2D eigenvalue weighted by molar-refractivity contribution is -0.145. The van der Waals surface area contributed by atoms with Crippen LogP contribution in [0.15, 0.2) is 30.4 Å². The second-order valence-corrected chi connectivity index (χ2v) is 9.13. The molecule has 6 nitrogen and oxygen atoms in total. The van der Waals surface area contributed by atoms with E-state index in [-0.39, 0.29) is 60.8 Å². The van der Waals surface area contributed by atoms with Crippen molar-refractivity contribution in [2.24, 2.45) is 35.5 Å². The number of ether oxygens (including phenoxy) is 1. The molecule has 0 radical (unpaired) electrons. The molecule has 6 rings (SSSR count). The van der Waals surface area contributed by atoms with Crippen LogP contribution in [0.1, 0.15) is 34.3 Å². The van der Waals surface area contributed by atoms with Crippen LogP contribution in [0.5, 0.6) is 0 Å². The van der Waals surface area contributed by atoms with Crippen LogP contribution in [0.25, 0.3) is 0 Å². The molecular formula is C24H25NO5. The fourth-order valence-electron chi connectivity index (χ4n) is 5.77. The molecule has 0 spiro atoms. The monoisotopic (exact) mass is 407 g/mol. The zero-order valence-electron chi connectivity index (χ0n) is 17.2. The van der Waals surface area contributed by atoms with E-state index in [0.717, 1.165) is 17.5 Å². The van der Waals surface area contributed by atoms with Crippen molar-refractivity contribution in [3.63, 3.8) is 0 Å². The molecule has 0 N–H and O–H groups in total. The van der Waals surface area contributed by atoms with Gasteiger partial charge >= 0.3 is 5.97 Å². The fraction of sp³-hybridized carbons (Fsp3) is 0.500. The number of ketones is 1. The standard InChI is InChI=1S/C24H25NO5/c1-12-3-4-13(2)16(9-12)19(26)11-30-20(27)7-8-25-23(28)21-14-5-6-15(18-10-17(14)18)22(21)24(25)29/h3-6,9,14-15,17-18,21-22H,7-8,10-11H2,1-2H3/t14-,15+,17-,18+,21+,22-. The minimum Gasteiger partial charge on any atom is -0.457 e. The highest BCUT2D eigenvalue weighted by molar-refractivity contribution is 6.06. The quantitative estimate of drug-likeness (QED) is 0.313. The van der Waals surface area contributed by atoms with Crippen LogP contribution >= 0.6 is 0 Å². The average Bonchev–Trinajstić information content (AvgIpc) is 3.51. The van der Waals surface area contributed by atoms with E-state index in [4.69, 9.17) is 4.74 Å². The zero-order chi connectivity index (χ0) is 21.2. The lowest BCUT2D eigenvalue weighted by Gasteiger charge is -2.37. The first-order valence-corrected chi connectivity index (χ1v) is 10.7. The second kappa shape index (κ2) is 6.89. The molecule has 2 saturated carbocycles. The fourth-order valence-corrected chi connectivity index (χ4v) is 5.77. The highest BCUT2D eigenvalue weighted by Gasteiger charge is 2.66. The molecule has 0 aromatic heterocycles. The van der Waals surface area contributed by atoms with Crippen molar-refractivity contribution in [3.8, 4) is 0 Å². The van der Waals surface area contributed by atoms with Crippen LogP contribution in [0, 0.1) is 49.4 Å². The van der Waals surface area contributed by atoms with E-state index in [1.165, 1.54) is 4.90 Å². The van der Waals surface area contributed by atoms with Gasteiger partial charge in [-0.2, -0.15) is 0 Å². The number of hydrogen-bond acceptors (Lipinski definition) is 5. The van der Waals surface area contributed by atoms with E-state index >= 15 is 0 Å². The Morgan fingerprint density at radius 3 is 2.30 bits per heavy atom. The van der Waals surface area contributed by atoms with Crippen LogP contribution < -0.4 is 0 Å².